The van der Waals surface area contributed by atoms with Crippen LogP contribution in [-0.4, -0.2) is 72.5 Å². The summed E-state index contributed by atoms with van der Waals surface area (Å²) in [5.74, 6) is -0.245. The van der Waals surface area contributed by atoms with Gasteiger partial charge in [-0.15, -0.1) is 0 Å². The lowest BCUT2D eigenvalue weighted by Crippen LogP contribution is -2.53. The zero-order chi connectivity index (χ0) is 16.4. The van der Waals surface area contributed by atoms with Crippen LogP contribution in [0.25, 0.3) is 0 Å². The standard InChI is InChI=1S/C16H21FN4O2/c1-19-11-14(18-16(19)23)15(22)21-7-5-20(6-8-21)10-12-3-2-4-13(17)9-12/h2-4,9,14H,5-8,10-11H2,1H3,(H,18,23)/t14-/m0/s1. The third-order valence-electron chi connectivity index (χ3n) is 4.38. The molecule has 0 aromatic heterocycles. The predicted molar refractivity (Wildman–Crippen MR) is 83.2 cm³/mol. The van der Waals surface area contributed by atoms with Crippen molar-refractivity contribution in [1.29, 1.82) is 0 Å². The van der Waals surface area contributed by atoms with Crippen LogP contribution < -0.4 is 5.32 Å². The van der Waals surface area contributed by atoms with Crippen LogP contribution in [0.2, 0.25) is 0 Å². The van der Waals surface area contributed by atoms with Gasteiger partial charge in [-0.1, -0.05) is 12.1 Å². The third-order valence-corrected chi connectivity index (χ3v) is 4.38. The number of halogens is 1. The van der Waals surface area contributed by atoms with Crippen molar-refractivity contribution < 1.29 is 14.0 Å². The van der Waals surface area contributed by atoms with Crippen molar-refractivity contribution in [3.05, 3.63) is 35.6 Å². The summed E-state index contributed by atoms with van der Waals surface area (Å²) in [6.45, 7) is 3.86. The second-order valence-electron chi connectivity index (χ2n) is 6.11. The summed E-state index contributed by atoms with van der Waals surface area (Å²) in [5, 5.41) is 2.70. The van der Waals surface area contributed by atoms with Crippen molar-refractivity contribution in [2.24, 2.45) is 0 Å². The van der Waals surface area contributed by atoms with Gasteiger partial charge in [-0.25, -0.2) is 9.18 Å². The Balaban J connectivity index is 1.50. The maximum absolute atomic E-state index is 13.2. The number of carbonyl (C=O) groups is 2. The molecule has 2 saturated heterocycles. The minimum atomic E-state index is -0.442. The fraction of sp³-hybridized carbons (Fsp3) is 0.500. The molecule has 1 aromatic rings. The first-order valence-electron chi connectivity index (χ1n) is 7.80. The molecule has 2 fully saturated rings. The first kappa shape index (κ1) is 15.7. The number of carbonyl (C=O) groups excluding carboxylic acids is 2. The lowest BCUT2D eigenvalue weighted by atomic mass is 10.2. The molecule has 7 heteroatoms. The Kier molecular flexibility index (Phi) is 4.47. The van der Waals surface area contributed by atoms with Gasteiger partial charge in [0.15, 0.2) is 0 Å². The van der Waals surface area contributed by atoms with Crippen molar-refractivity contribution in [1.82, 2.24) is 20.0 Å². The number of benzene rings is 1. The fourth-order valence-corrected chi connectivity index (χ4v) is 3.04. The van der Waals surface area contributed by atoms with E-state index in [-0.39, 0.29) is 17.8 Å². The quantitative estimate of drug-likeness (QED) is 0.882. The van der Waals surface area contributed by atoms with E-state index in [0.717, 1.165) is 18.7 Å². The van der Waals surface area contributed by atoms with Crippen molar-refractivity contribution in [3.8, 4) is 0 Å². The first-order valence-corrected chi connectivity index (χ1v) is 7.80. The maximum atomic E-state index is 13.2. The van der Waals surface area contributed by atoms with Crippen LogP contribution in [0.5, 0.6) is 0 Å². The van der Waals surface area contributed by atoms with E-state index in [4.69, 9.17) is 0 Å². The Labute approximate surface area is 134 Å². The second kappa shape index (κ2) is 6.54. The number of nitrogens with zero attached hydrogens (tertiary/aromatic N) is 3. The first-order chi connectivity index (χ1) is 11.0. The predicted octanol–water partition coefficient (Wildman–Crippen LogP) is 0.494. The highest BCUT2D eigenvalue weighted by atomic mass is 19.1. The molecule has 0 unspecified atom stereocenters. The monoisotopic (exact) mass is 320 g/mol. The Morgan fingerprint density at radius 1 is 1.30 bits per heavy atom. The van der Waals surface area contributed by atoms with Gasteiger partial charge in [0.25, 0.3) is 0 Å². The van der Waals surface area contributed by atoms with Gasteiger partial charge in [0.2, 0.25) is 5.91 Å². The molecule has 6 nitrogen and oxygen atoms in total. The van der Waals surface area contributed by atoms with Crippen LogP contribution in [0.15, 0.2) is 24.3 Å². The summed E-state index contributed by atoms with van der Waals surface area (Å²) in [5.41, 5.74) is 0.939. The summed E-state index contributed by atoms with van der Waals surface area (Å²) >= 11 is 0. The highest BCUT2D eigenvalue weighted by molar-refractivity contribution is 5.90. The van der Waals surface area contributed by atoms with Gasteiger partial charge in [-0.2, -0.15) is 0 Å². The summed E-state index contributed by atoms with van der Waals surface area (Å²) < 4.78 is 13.2. The molecule has 23 heavy (non-hydrogen) atoms. The number of hydrogen-bond acceptors (Lipinski definition) is 3. The Morgan fingerprint density at radius 2 is 2.04 bits per heavy atom. The molecule has 0 bridgehead atoms. The number of likely N-dealkylation sites (N-methyl/N-ethyl adjacent to an activating group) is 1. The summed E-state index contributed by atoms with van der Waals surface area (Å²) in [7, 11) is 1.68. The molecule has 2 aliphatic rings. The summed E-state index contributed by atoms with van der Waals surface area (Å²) in [6, 6.07) is 5.96. The number of urea groups is 1. The topological polar surface area (TPSA) is 55.9 Å². The Bertz CT molecular complexity index is 601. The van der Waals surface area contributed by atoms with Crippen molar-refractivity contribution in [3.63, 3.8) is 0 Å². The van der Waals surface area contributed by atoms with Crippen LogP contribution in [0.3, 0.4) is 0 Å². The molecule has 124 valence electrons. The number of hydrogen-bond donors (Lipinski definition) is 1. The third kappa shape index (κ3) is 3.61. The Hall–Kier alpha value is -2.15. The van der Waals surface area contributed by atoms with Crippen LogP contribution >= 0.6 is 0 Å². The summed E-state index contributed by atoms with van der Waals surface area (Å²) in [4.78, 5) is 29.4. The van der Waals surface area contributed by atoms with E-state index in [1.54, 1.807) is 24.1 Å². The lowest BCUT2D eigenvalue weighted by Gasteiger charge is -2.35. The molecule has 0 radical (unpaired) electrons. The highest BCUT2D eigenvalue weighted by Gasteiger charge is 2.34. The van der Waals surface area contributed by atoms with Crippen molar-refractivity contribution in [2.75, 3.05) is 39.8 Å². The van der Waals surface area contributed by atoms with Crippen molar-refractivity contribution in [2.45, 2.75) is 12.6 Å². The van der Waals surface area contributed by atoms with E-state index >= 15 is 0 Å². The average molecular weight is 320 g/mol. The van der Waals surface area contributed by atoms with Gasteiger partial charge >= 0.3 is 6.03 Å². The van der Waals surface area contributed by atoms with Gasteiger partial charge < -0.3 is 15.1 Å². The molecule has 2 aliphatic heterocycles. The zero-order valence-electron chi connectivity index (χ0n) is 13.2. The number of nitrogens with one attached hydrogen (secondary N) is 1. The second-order valence-corrected chi connectivity index (χ2v) is 6.11. The highest BCUT2D eigenvalue weighted by Crippen LogP contribution is 2.12. The molecule has 0 aliphatic carbocycles. The van der Waals surface area contributed by atoms with E-state index in [0.29, 0.717) is 26.2 Å². The molecule has 0 saturated carbocycles. The molecule has 1 aromatic carbocycles. The number of piperazine rings is 1. The van der Waals surface area contributed by atoms with Gasteiger partial charge in [-0.05, 0) is 17.7 Å². The minimum Gasteiger partial charge on any atom is -0.338 e. The van der Waals surface area contributed by atoms with Gasteiger partial charge in [0.1, 0.15) is 11.9 Å². The molecular weight excluding hydrogens is 299 g/mol. The normalized spacial score (nSPS) is 22.3. The van der Waals surface area contributed by atoms with Crippen LogP contribution in [0.1, 0.15) is 5.56 Å². The molecular formula is C16H21FN4O2. The molecule has 3 amide bonds. The van der Waals surface area contributed by atoms with Gasteiger partial charge in [-0.3, -0.25) is 9.69 Å². The van der Waals surface area contributed by atoms with Gasteiger partial charge in [0, 0.05) is 39.8 Å². The smallest absolute Gasteiger partial charge is 0.317 e. The molecule has 1 atom stereocenters. The number of amides is 3. The fourth-order valence-electron chi connectivity index (χ4n) is 3.04. The molecule has 2 heterocycles. The minimum absolute atomic E-state index is 0.0203. The van der Waals surface area contributed by atoms with Crippen molar-refractivity contribution >= 4 is 11.9 Å². The average Bonchev–Trinajstić information content (AvgIpc) is 2.87. The van der Waals surface area contributed by atoms with E-state index < -0.39 is 6.04 Å². The Morgan fingerprint density at radius 3 is 2.65 bits per heavy atom. The molecule has 0 spiro atoms. The molecule has 1 N–H and O–H groups in total. The van der Waals surface area contributed by atoms with E-state index in [1.807, 2.05) is 6.07 Å². The SMILES string of the molecule is CN1C[C@@H](C(=O)N2CCN(Cc3cccc(F)c3)CC2)NC1=O. The lowest BCUT2D eigenvalue weighted by molar-refractivity contribution is -0.134. The van der Waals surface area contributed by atoms with E-state index in [2.05, 4.69) is 10.2 Å². The van der Waals surface area contributed by atoms with Crippen LogP contribution in [0, 0.1) is 5.82 Å². The maximum Gasteiger partial charge on any atom is 0.317 e. The van der Waals surface area contributed by atoms with E-state index in [1.165, 1.54) is 11.0 Å². The molecule has 3 rings (SSSR count). The zero-order valence-corrected chi connectivity index (χ0v) is 13.2. The number of rotatable bonds is 3. The van der Waals surface area contributed by atoms with E-state index in [9.17, 15) is 14.0 Å². The van der Waals surface area contributed by atoms with Gasteiger partial charge in [0.05, 0.1) is 6.54 Å². The summed E-state index contributed by atoms with van der Waals surface area (Å²) in [6.07, 6.45) is 0. The van der Waals surface area contributed by atoms with Crippen LogP contribution in [-0.2, 0) is 11.3 Å². The van der Waals surface area contributed by atoms with Crippen LogP contribution in [0.4, 0.5) is 9.18 Å². The largest absolute Gasteiger partial charge is 0.338 e.